The van der Waals surface area contributed by atoms with Crippen LogP contribution in [0.15, 0.2) is 0 Å². The molecule has 0 radical (unpaired) electrons. The monoisotopic (exact) mass is 204 g/mol. The molecule has 0 saturated carbocycles. The molecular weight excluding hydrogens is 186 g/mol. The van der Waals surface area contributed by atoms with Crippen molar-refractivity contribution in [2.45, 2.75) is 37.6 Å². The van der Waals surface area contributed by atoms with Gasteiger partial charge in [-0.2, -0.15) is 0 Å². The number of halogens is 2. The van der Waals surface area contributed by atoms with Gasteiger partial charge in [-0.15, -0.1) is 0 Å². The van der Waals surface area contributed by atoms with Crippen LogP contribution in [0, 0.1) is 0 Å². The van der Waals surface area contributed by atoms with Crippen LogP contribution in [-0.2, 0) is 0 Å². The molecule has 1 atom stereocenters. The zero-order valence-electron chi connectivity index (χ0n) is 8.44. The maximum absolute atomic E-state index is 12.4. The number of nitrogens with one attached hydrogen (secondary N) is 1. The summed E-state index contributed by atoms with van der Waals surface area (Å²) in [6.07, 6.45) is 2.19. The Kier molecular flexibility index (Phi) is 3.02. The van der Waals surface area contributed by atoms with Gasteiger partial charge >= 0.3 is 0 Å². The largest absolute Gasteiger partial charge is 0.315 e. The normalized spacial score (nSPS) is 34.5. The molecule has 2 aliphatic rings. The van der Waals surface area contributed by atoms with Gasteiger partial charge in [-0.05, 0) is 38.8 Å². The lowest BCUT2D eigenvalue weighted by atomic mass is 9.87. The average molecular weight is 204 g/mol. The quantitative estimate of drug-likeness (QED) is 0.732. The third-order valence-electron chi connectivity index (χ3n) is 3.55. The van der Waals surface area contributed by atoms with Gasteiger partial charge in [0, 0.05) is 12.1 Å². The van der Waals surface area contributed by atoms with Gasteiger partial charge in [-0.3, -0.25) is 4.90 Å². The predicted octanol–water partition coefficient (Wildman–Crippen LogP) is 1.47. The molecule has 1 N–H and O–H groups in total. The molecule has 0 bridgehead atoms. The average Bonchev–Trinajstić information content (AvgIpc) is 2.50. The zero-order chi connectivity index (χ0) is 10.0. The number of likely N-dealkylation sites (tertiary alicyclic amines) is 1. The van der Waals surface area contributed by atoms with Crippen molar-refractivity contribution in [1.29, 1.82) is 0 Å². The summed E-state index contributed by atoms with van der Waals surface area (Å²) in [5.74, 6) is 0. The predicted molar refractivity (Wildman–Crippen MR) is 51.6 cm³/mol. The Morgan fingerprint density at radius 3 is 2.71 bits per heavy atom. The highest BCUT2D eigenvalue weighted by Crippen LogP contribution is 2.34. The number of hydrogen-bond acceptors (Lipinski definition) is 2. The number of hydrogen-bond donors (Lipinski definition) is 1. The highest BCUT2D eigenvalue weighted by molar-refractivity contribution is 4.99. The van der Waals surface area contributed by atoms with Crippen LogP contribution in [0.25, 0.3) is 0 Å². The summed E-state index contributed by atoms with van der Waals surface area (Å²) in [5, 5.41) is 3.33. The first-order valence-electron chi connectivity index (χ1n) is 5.47. The third kappa shape index (κ3) is 1.91. The van der Waals surface area contributed by atoms with Crippen LogP contribution in [-0.4, -0.2) is 43.0 Å². The Hall–Kier alpha value is -0.220. The standard InChI is InChI=1S/C10H18F2N2/c11-9(12)7-14-6-2-4-10(14)3-1-5-13-8-10/h9,13H,1-8H2. The summed E-state index contributed by atoms with van der Waals surface area (Å²) in [6.45, 7) is 2.76. The highest BCUT2D eigenvalue weighted by Gasteiger charge is 2.42. The van der Waals surface area contributed by atoms with E-state index in [-0.39, 0.29) is 12.1 Å². The Labute approximate surface area is 83.7 Å². The zero-order valence-corrected chi connectivity index (χ0v) is 8.44. The van der Waals surface area contributed by atoms with Crippen molar-refractivity contribution < 1.29 is 8.78 Å². The van der Waals surface area contributed by atoms with E-state index in [4.69, 9.17) is 0 Å². The summed E-state index contributed by atoms with van der Waals surface area (Å²) in [4.78, 5) is 2.00. The van der Waals surface area contributed by atoms with Gasteiger partial charge in [0.05, 0.1) is 6.54 Å². The van der Waals surface area contributed by atoms with Crippen molar-refractivity contribution in [3.63, 3.8) is 0 Å². The molecule has 2 fully saturated rings. The molecule has 1 spiro atoms. The minimum absolute atomic E-state index is 0.0400. The number of nitrogens with zero attached hydrogens (tertiary/aromatic N) is 1. The van der Waals surface area contributed by atoms with Gasteiger partial charge in [0.25, 0.3) is 6.43 Å². The molecule has 1 unspecified atom stereocenters. The molecule has 0 aliphatic carbocycles. The van der Waals surface area contributed by atoms with Crippen LogP contribution in [0.2, 0.25) is 0 Å². The molecule has 0 amide bonds. The molecule has 0 aromatic rings. The second kappa shape index (κ2) is 4.11. The van der Waals surface area contributed by atoms with Crippen LogP contribution in [0.3, 0.4) is 0 Å². The number of piperidine rings is 1. The van der Waals surface area contributed by atoms with Crippen molar-refractivity contribution in [2.75, 3.05) is 26.2 Å². The fourth-order valence-corrected chi connectivity index (χ4v) is 2.88. The van der Waals surface area contributed by atoms with Gasteiger partial charge in [0.1, 0.15) is 0 Å². The van der Waals surface area contributed by atoms with Crippen LogP contribution >= 0.6 is 0 Å². The van der Waals surface area contributed by atoms with E-state index in [2.05, 4.69) is 5.32 Å². The first kappa shape index (κ1) is 10.3. The molecule has 2 nitrogen and oxygen atoms in total. The first-order valence-corrected chi connectivity index (χ1v) is 5.47. The Morgan fingerprint density at radius 1 is 1.29 bits per heavy atom. The van der Waals surface area contributed by atoms with E-state index in [1.165, 1.54) is 0 Å². The fourth-order valence-electron chi connectivity index (χ4n) is 2.88. The van der Waals surface area contributed by atoms with E-state index in [0.717, 1.165) is 45.3 Å². The lowest BCUT2D eigenvalue weighted by molar-refractivity contribution is 0.0325. The van der Waals surface area contributed by atoms with Crippen molar-refractivity contribution in [3.8, 4) is 0 Å². The minimum Gasteiger partial charge on any atom is -0.315 e. The highest BCUT2D eigenvalue weighted by atomic mass is 19.3. The Bertz CT molecular complexity index is 191. The first-order chi connectivity index (χ1) is 6.73. The smallest absolute Gasteiger partial charge is 0.251 e. The minimum atomic E-state index is -2.19. The van der Waals surface area contributed by atoms with E-state index < -0.39 is 6.43 Å². The summed E-state index contributed by atoms with van der Waals surface area (Å²) in [7, 11) is 0. The van der Waals surface area contributed by atoms with Gasteiger partial charge < -0.3 is 5.32 Å². The molecule has 82 valence electrons. The van der Waals surface area contributed by atoms with Crippen LogP contribution in [0.4, 0.5) is 8.78 Å². The molecule has 0 aromatic heterocycles. The van der Waals surface area contributed by atoms with Crippen LogP contribution < -0.4 is 5.32 Å². The molecule has 14 heavy (non-hydrogen) atoms. The summed E-state index contributed by atoms with van der Waals surface area (Å²) in [6, 6.07) is 0. The van der Waals surface area contributed by atoms with Crippen molar-refractivity contribution in [3.05, 3.63) is 0 Å². The third-order valence-corrected chi connectivity index (χ3v) is 3.55. The van der Waals surface area contributed by atoms with Gasteiger partial charge in [-0.25, -0.2) is 8.78 Å². The molecule has 2 saturated heterocycles. The van der Waals surface area contributed by atoms with E-state index in [0.29, 0.717) is 0 Å². The fraction of sp³-hybridized carbons (Fsp3) is 1.00. The van der Waals surface area contributed by atoms with Crippen LogP contribution in [0.5, 0.6) is 0 Å². The van der Waals surface area contributed by atoms with Crippen molar-refractivity contribution in [2.24, 2.45) is 0 Å². The maximum Gasteiger partial charge on any atom is 0.251 e. The Morgan fingerprint density at radius 2 is 2.07 bits per heavy atom. The summed E-state index contributed by atoms with van der Waals surface area (Å²) < 4.78 is 24.7. The molecule has 2 rings (SSSR count). The molecule has 2 aliphatic heterocycles. The lowest BCUT2D eigenvalue weighted by Crippen LogP contribution is -2.55. The number of alkyl halides is 2. The van der Waals surface area contributed by atoms with Gasteiger partial charge in [-0.1, -0.05) is 0 Å². The number of rotatable bonds is 2. The topological polar surface area (TPSA) is 15.3 Å². The van der Waals surface area contributed by atoms with Crippen molar-refractivity contribution >= 4 is 0 Å². The lowest BCUT2D eigenvalue weighted by Gasteiger charge is -2.41. The second-order valence-corrected chi connectivity index (χ2v) is 4.45. The maximum atomic E-state index is 12.4. The van der Waals surface area contributed by atoms with Crippen LogP contribution in [0.1, 0.15) is 25.7 Å². The van der Waals surface area contributed by atoms with Crippen molar-refractivity contribution in [1.82, 2.24) is 10.2 Å². The molecule has 2 heterocycles. The molecule has 4 heteroatoms. The summed E-state index contributed by atoms with van der Waals surface area (Å²) >= 11 is 0. The summed E-state index contributed by atoms with van der Waals surface area (Å²) in [5.41, 5.74) is 0.0642. The van der Waals surface area contributed by atoms with E-state index in [1.54, 1.807) is 0 Å². The van der Waals surface area contributed by atoms with E-state index in [9.17, 15) is 8.78 Å². The Balaban J connectivity index is 2.00. The van der Waals surface area contributed by atoms with Gasteiger partial charge in [0.2, 0.25) is 0 Å². The second-order valence-electron chi connectivity index (χ2n) is 4.45. The van der Waals surface area contributed by atoms with E-state index >= 15 is 0 Å². The molecule has 0 aromatic carbocycles. The SMILES string of the molecule is FC(F)CN1CCCC12CCCNC2. The van der Waals surface area contributed by atoms with E-state index in [1.807, 2.05) is 4.90 Å². The van der Waals surface area contributed by atoms with Gasteiger partial charge in [0.15, 0.2) is 0 Å². The molecular formula is C10H18F2N2.